The molecule has 282 valence electrons. The topological polar surface area (TPSA) is 107 Å². The van der Waals surface area contributed by atoms with E-state index < -0.39 is 24.0 Å². The molecule has 2 aromatic carbocycles. The number of imidazole rings is 1. The van der Waals surface area contributed by atoms with Gasteiger partial charge in [-0.3, -0.25) is 14.0 Å². The molecule has 0 unspecified atom stereocenters. The summed E-state index contributed by atoms with van der Waals surface area (Å²) in [5, 5.41) is 6.55. The first-order valence-electron chi connectivity index (χ1n) is 18.3. The molecule has 3 saturated heterocycles. The predicted octanol–water partition coefficient (Wildman–Crippen LogP) is 5.58. The number of aryl methyl sites for hydroxylation is 1. The van der Waals surface area contributed by atoms with E-state index in [0.29, 0.717) is 61.0 Å². The maximum atomic E-state index is 15.0. The molecule has 0 aliphatic carbocycles. The van der Waals surface area contributed by atoms with Gasteiger partial charge in [0.15, 0.2) is 23.0 Å². The van der Waals surface area contributed by atoms with Crippen molar-refractivity contribution in [3.63, 3.8) is 0 Å². The molecule has 4 aromatic rings. The van der Waals surface area contributed by atoms with Crippen molar-refractivity contribution in [2.75, 3.05) is 58.2 Å². The Hall–Kier alpha value is -4.76. The monoisotopic (exact) mass is 736 g/mol. The van der Waals surface area contributed by atoms with Gasteiger partial charge in [0.1, 0.15) is 0 Å². The van der Waals surface area contributed by atoms with Crippen molar-refractivity contribution in [3.8, 4) is 17.0 Å². The molecule has 1 atom stereocenters. The molecule has 11 nitrogen and oxygen atoms in total. The fourth-order valence-corrected chi connectivity index (χ4v) is 7.84. The van der Waals surface area contributed by atoms with Gasteiger partial charge < -0.3 is 30.1 Å². The summed E-state index contributed by atoms with van der Waals surface area (Å²) in [7, 11) is 2.15. The van der Waals surface area contributed by atoms with Gasteiger partial charge >= 0.3 is 6.61 Å². The molecule has 2 N–H and O–H groups in total. The molecule has 3 fully saturated rings. The van der Waals surface area contributed by atoms with Crippen LogP contribution in [0.25, 0.3) is 16.9 Å². The summed E-state index contributed by atoms with van der Waals surface area (Å²) in [6, 6.07) is 7.77. The van der Waals surface area contributed by atoms with Crippen LogP contribution in [0.5, 0.6) is 5.75 Å². The first-order chi connectivity index (χ1) is 25.6. The van der Waals surface area contributed by atoms with Gasteiger partial charge in [0.05, 0.1) is 11.9 Å². The largest absolute Gasteiger partial charge is 0.432 e. The lowest BCUT2D eigenvalue weighted by Gasteiger charge is -2.37. The Balaban J connectivity index is 0.994. The summed E-state index contributed by atoms with van der Waals surface area (Å²) in [6.07, 6.45) is 8.27. The van der Waals surface area contributed by atoms with E-state index in [4.69, 9.17) is 0 Å². The van der Waals surface area contributed by atoms with Crippen molar-refractivity contribution in [2.24, 2.45) is 11.8 Å². The highest BCUT2D eigenvalue weighted by molar-refractivity contribution is 5.96. The van der Waals surface area contributed by atoms with Crippen LogP contribution >= 0.6 is 0 Å². The number of alkyl halides is 2. The minimum absolute atomic E-state index is 0.0668. The highest BCUT2D eigenvalue weighted by atomic mass is 19.3. The third-order valence-corrected chi connectivity index (χ3v) is 10.7. The minimum atomic E-state index is -3.30. The van der Waals surface area contributed by atoms with E-state index in [1.165, 1.54) is 23.0 Å². The van der Waals surface area contributed by atoms with Gasteiger partial charge in [0, 0.05) is 87.0 Å². The molecule has 0 bridgehead atoms. The Morgan fingerprint density at radius 2 is 1.83 bits per heavy atom. The molecule has 0 spiro atoms. The number of carbonyl (C=O) groups is 2. The Kier molecular flexibility index (Phi) is 10.8. The Labute approximate surface area is 305 Å². The van der Waals surface area contributed by atoms with Crippen molar-refractivity contribution in [2.45, 2.75) is 51.7 Å². The molecule has 7 rings (SSSR count). The van der Waals surface area contributed by atoms with Crippen LogP contribution in [0.2, 0.25) is 0 Å². The molecule has 2 amide bonds. The molecule has 15 heteroatoms. The van der Waals surface area contributed by atoms with Crippen LogP contribution in [-0.4, -0.2) is 106 Å². The molecule has 53 heavy (non-hydrogen) atoms. The van der Waals surface area contributed by atoms with Crippen LogP contribution in [0.15, 0.2) is 48.9 Å². The van der Waals surface area contributed by atoms with Crippen molar-refractivity contribution in [3.05, 3.63) is 71.7 Å². The number of hydrogen-bond donors (Lipinski definition) is 2. The fraction of sp³-hybridized carbons (Fsp3) is 0.474. The highest BCUT2D eigenvalue weighted by Gasteiger charge is 2.36. The summed E-state index contributed by atoms with van der Waals surface area (Å²) in [4.78, 5) is 42.5. The van der Waals surface area contributed by atoms with Crippen LogP contribution in [0.4, 0.5) is 29.1 Å². The summed E-state index contributed by atoms with van der Waals surface area (Å²) in [6.45, 7) is 4.60. The number of hydrogen-bond acceptors (Lipinski definition) is 8. The second-order valence-corrected chi connectivity index (χ2v) is 14.2. The maximum absolute atomic E-state index is 15.0. The quantitative estimate of drug-likeness (QED) is 0.182. The van der Waals surface area contributed by atoms with Gasteiger partial charge in [0.2, 0.25) is 11.7 Å². The van der Waals surface area contributed by atoms with Crippen molar-refractivity contribution >= 4 is 29.0 Å². The zero-order valence-corrected chi connectivity index (χ0v) is 29.8. The van der Waals surface area contributed by atoms with Crippen molar-refractivity contribution in [1.82, 2.24) is 34.4 Å². The molecule has 0 saturated carbocycles. The number of piperidine rings is 1. The standard InChI is InChI=1S/C38H44F4N8O3/c1-3-24-17-26(46-34-35-45-20-30(50(35)16-12-44-34)29-8-9-31(53-38(41)42)33(40)32(29)39)6-7-28(24)37(52)48-14-10-25(11-15-48)36(51)49-13-4-5-27(49)22-47(2)21-23-18-43-19-23/h6-9,12,16-17,20,23,25,27,38,43H,3-5,10-11,13-15,18-19,21-22H2,1-2H3,(H,44,46)/t27-/m0/s1. The first kappa shape index (κ1) is 36.6. The number of likely N-dealkylation sites (tertiary alicyclic amines) is 2. The van der Waals surface area contributed by atoms with E-state index in [0.717, 1.165) is 63.3 Å². The zero-order chi connectivity index (χ0) is 37.2. The second kappa shape index (κ2) is 15.7. The lowest BCUT2D eigenvalue weighted by atomic mass is 9.93. The number of anilines is 2. The van der Waals surface area contributed by atoms with E-state index in [9.17, 15) is 27.2 Å². The Morgan fingerprint density at radius 3 is 2.55 bits per heavy atom. The van der Waals surface area contributed by atoms with Crippen LogP contribution in [0.1, 0.15) is 48.5 Å². The number of likely N-dealkylation sites (N-methyl/N-ethyl adjacent to an activating group) is 1. The zero-order valence-electron chi connectivity index (χ0n) is 29.8. The number of nitrogens with one attached hydrogen (secondary N) is 2. The maximum Gasteiger partial charge on any atom is 0.387 e. The first-order valence-corrected chi connectivity index (χ1v) is 18.3. The number of halogens is 4. The van der Waals surface area contributed by atoms with Crippen molar-refractivity contribution < 1.29 is 31.9 Å². The second-order valence-electron chi connectivity index (χ2n) is 14.2. The van der Waals surface area contributed by atoms with Gasteiger partial charge in [-0.15, -0.1) is 0 Å². The van der Waals surface area contributed by atoms with Crippen LogP contribution in [0, 0.1) is 23.5 Å². The van der Waals surface area contributed by atoms with Crippen LogP contribution < -0.4 is 15.4 Å². The third kappa shape index (κ3) is 7.67. The number of rotatable bonds is 12. The summed E-state index contributed by atoms with van der Waals surface area (Å²) >= 11 is 0. The number of amides is 2. The van der Waals surface area contributed by atoms with Gasteiger partial charge in [-0.05, 0) is 81.0 Å². The van der Waals surface area contributed by atoms with E-state index in [2.05, 4.69) is 42.2 Å². The smallest absolute Gasteiger partial charge is 0.387 e. The minimum Gasteiger partial charge on any atom is -0.432 e. The number of benzene rings is 2. The van der Waals surface area contributed by atoms with Gasteiger partial charge in [-0.1, -0.05) is 6.92 Å². The number of carbonyl (C=O) groups excluding carboxylic acids is 2. The van der Waals surface area contributed by atoms with Crippen LogP contribution in [0.3, 0.4) is 0 Å². The summed E-state index contributed by atoms with van der Waals surface area (Å²) in [5.41, 5.74) is 2.37. The van der Waals surface area contributed by atoms with Gasteiger partial charge in [-0.25, -0.2) is 14.4 Å². The van der Waals surface area contributed by atoms with E-state index in [-0.39, 0.29) is 35.0 Å². The summed E-state index contributed by atoms with van der Waals surface area (Å²) in [5.74, 6) is -2.67. The average molecular weight is 737 g/mol. The van der Waals surface area contributed by atoms with E-state index in [1.54, 1.807) is 12.1 Å². The molecular weight excluding hydrogens is 692 g/mol. The number of nitrogens with zero attached hydrogens (tertiary/aromatic N) is 6. The predicted molar refractivity (Wildman–Crippen MR) is 191 cm³/mol. The molecular formula is C38H44F4N8O3. The number of ether oxygens (including phenoxy) is 1. The normalized spacial score (nSPS) is 18.3. The lowest BCUT2D eigenvalue weighted by molar-refractivity contribution is -0.138. The fourth-order valence-electron chi connectivity index (χ4n) is 7.84. The Morgan fingerprint density at radius 1 is 1.04 bits per heavy atom. The average Bonchev–Trinajstić information content (AvgIpc) is 3.79. The SMILES string of the molecule is CCc1cc(Nc2nccn3c(-c4ccc(OC(F)F)c(F)c4F)cnc23)ccc1C(=O)N1CCC(C(=O)N2CCC[C@H]2CN(C)CC2CNC2)CC1. The van der Waals surface area contributed by atoms with E-state index >= 15 is 0 Å². The molecule has 5 heterocycles. The van der Waals surface area contributed by atoms with E-state index in [1.807, 2.05) is 17.9 Å². The molecule has 2 aromatic heterocycles. The number of fused-ring (bicyclic) bond motifs is 1. The third-order valence-electron chi connectivity index (χ3n) is 10.7. The molecule has 3 aliphatic rings. The molecule has 3 aliphatic heterocycles. The highest BCUT2D eigenvalue weighted by Crippen LogP contribution is 2.33. The van der Waals surface area contributed by atoms with Crippen LogP contribution in [-0.2, 0) is 11.2 Å². The summed E-state index contributed by atoms with van der Waals surface area (Å²) < 4.78 is 60.3. The number of aromatic nitrogens is 3. The van der Waals surface area contributed by atoms with Crippen molar-refractivity contribution in [1.29, 1.82) is 0 Å². The molecule has 0 radical (unpaired) electrons. The lowest BCUT2D eigenvalue weighted by Crippen LogP contribution is -2.51. The Bertz CT molecular complexity index is 1960. The van der Waals surface area contributed by atoms with Gasteiger partial charge in [0.25, 0.3) is 5.91 Å². The van der Waals surface area contributed by atoms with Gasteiger partial charge in [-0.2, -0.15) is 13.2 Å².